The lowest BCUT2D eigenvalue weighted by Gasteiger charge is -2.15. The van der Waals surface area contributed by atoms with Gasteiger partial charge < -0.3 is 19.9 Å². The minimum Gasteiger partial charge on any atom is -0.480 e. The number of aliphatic carboxylic acids is 1. The Balaban J connectivity index is 2.45. The van der Waals surface area contributed by atoms with Gasteiger partial charge in [0.25, 0.3) is 0 Å². The average Bonchev–Trinajstić information content (AvgIpc) is 2.91. The van der Waals surface area contributed by atoms with Crippen molar-refractivity contribution in [1.29, 1.82) is 0 Å². The van der Waals surface area contributed by atoms with Gasteiger partial charge in [-0.2, -0.15) is 0 Å². The summed E-state index contributed by atoms with van der Waals surface area (Å²) in [5, 5.41) is 11.5. The van der Waals surface area contributed by atoms with Crippen LogP contribution in [0.4, 0.5) is 0 Å². The van der Waals surface area contributed by atoms with E-state index >= 15 is 0 Å². The zero-order chi connectivity index (χ0) is 15.0. The number of carbonyl (C=O) groups excluding carboxylic acids is 2. The van der Waals surface area contributed by atoms with Crippen molar-refractivity contribution in [3.05, 3.63) is 12.2 Å². The van der Waals surface area contributed by atoms with E-state index in [1.807, 2.05) is 0 Å². The number of nitrogens with one attached hydrogen (secondary N) is 1. The van der Waals surface area contributed by atoms with Crippen molar-refractivity contribution in [2.24, 2.45) is 5.92 Å². The third-order valence-corrected chi connectivity index (χ3v) is 2.83. The van der Waals surface area contributed by atoms with E-state index in [-0.39, 0.29) is 24.9 Å². The molecule has 0 radical (unpaired) electrons. The summed E-state index contributed by atoms with van der Waals surface area (Å²) in [7, 11) is 0. The summed E-state index contributed by atoms with van der Waals surface area (Å²) in [6, 6.07) is -1.06. The zero-order valence-electron chi connectivity index (χ0n) is 11.3. The molecule has 1 aliphatic rings. The molecular formula is C13H19NO6. The second-order valence-electron chi connectivity index (χ2n) is 4.35. The number of carbonyl (C=O) groups is 3. The average molecular weight is 285 g/mol. The maximum atomic E-state index is 11.8. The number of hydrogen-bond acceptors (Lipinski definition) is 5. The Hall–Kier alpha value is -1.89. The van der Waals surface area contributed by atoms with Gasteiger partial charge >= 0.3 is 11.9 Å². The summed E-state index contributed by atoms with van der Waals surface area (Å²) in [4.78, 5) is 33.9. The molecule has 112 valence electrons. The molecule has 1 aliphatic heterocycles. The SMILES string of the molecule is CCOC(=O)/C=C/C[C@@H](NC(=O)[C@@H]1CCOC1)C(=O)O. The second-order valence-corrected chi connectivity index (χ2v) is 4.35. The zero-order valence-corrected chi connectivity index (χ0v) is 11.3. The molecule has 20 heavy (non-hydrogen) atoms. The van der Waals surface area contributed by atoms with Crippen LogP contribution in [0.25, 0.3) is 0 Å². The van der Waals surface area contributed by atoms with Crippen LogP contribution in [0.1, 0.15) is 19.8 Å². The third-order valence-electron chi connectivity index (χ3n) is 2.83. The lowest BCUT2D eigenvalue weighted by atomic mass is 10.1. The van der Waals surface area contributed by atoms with Crippen LogP contribution in [0.15, 0.2) is 12.2 Å². The van der Waals surface area contributed by atoms with Crippen LogP contribution >= 0.6 is 0 Å². The fourth-order valence-corrected chi connectivity index (χ4v) is 1.74. The van der Waals surface area contributed by atoms with Gasteiger partial charge in [-0.15, -0.1) is 0 Å². The van der Waals surface area contributed by atoms with E-state index in [0.29, 0.717) is 19.6 Å². The maximum Gasteiger partial charge on any atom is 0.330 e. The second kappa shape index (κ2) is 8.31. The van der Waals surface area contributed by atoms with Gasteiger partial charge in [0.2, 0.25) is 5.91 Å². The molecule has 0 aliphatic carbocycles. The van der Waals surface area contributed by atoms with Crippen molar-refractivity contribution in [2.45, 2.75) is 25.8 Å². The van der Waals surface area contributed by atoms with E-state index < -0.39 is 18.0 Å². The quantitative estimate of drug-likeness (QED) is 0.508. The van der Waals surface area contributed by atoms with E-state index in [2.05, 4.69) is 10.1 Å². The molecule has 1 rings (SSSR count). The number of ether oxygens (including phenoxy) is 2. The summed E-state index contributed by atoms with van der Waals surface area (Å²) in [5.41, 5.74) is 0. The van der Waals surface area contributed by atoms with Gasteiger partial charge in [-0.1, -0.05) is 6.08 Å². The van der Waals surface area contributed by atoms with Crippen molar-refractivity contribution < 1.29 is 29.0 Å². The van der Waals surface area contributed by atoms with Gasteiger partial charge in [0, 0.05) is 12.7 Å². The Bertz CT molecular complexity index is 386. The van der Waals surface area contributed by atoms with Crippen molar-refractivity contribution >= 4 is 17.8 Å². The highest BCUT2D eigenvalue weighted by Gasteiger charge is 2.27. The first-order valence-corrected chi connectivity index (χ1v) is 6.48. The molecule has 1 heterocycles. The summed E-state index contributed by atoms with van der Waals surface area (Å²) in [5.74, 6) is -2.32. The van der Waals surface area contributed by atoms with Crippen LogP contribution in [0.3, 0.4) is 0 Å². The summed E-state index contributed by atoms with van der Waals surface area (Å²) in [6.07, 6.45) is 3.15. The highest BCUT2D eigenvalue weighted by atomic mass is 16.5. The normalized spacial score (nSPS) is 19.8. The Morgan fingerprint density at radius 3 is 2.80 bits per heavy atom. The molecule has 7 heteroatoms. The highest BCUT2D eigenvalue weighted by Crippen LogP contribution is 2.12. The lowest BCUT2D eigenvalue weighted by molar-refractivity contribution is -0.142. The predicted octanol–water partition coefficient (Wildman–Crippen LogP) is 0.102. The van der Waals surface area contributed by atoms with Gasteiger partial charge in [0.05, 0.1) is 19.1 Å². The number of hydrogen-bond donors (Lipinski definition) is 2. The first-order valence-electron chi connectivity index (χ1n) is 6.48. The van der Waals surface area contributed by atoms with Crippen molar-refractivity contribution in [2.75, 3.05) is 19.8 Å². The van der Waals surface area contributed by atoms with Gasteiger partial charge in [0.1, 0.15) is 6.04 Å². The number of esters is 1. The fraction of sp³-hybridized carbons (Fsp3) is 0.615. The number of rotatable bonds is 7. The molecular weight excluding hydrogens is 266 g/mol. The Kier molecular flexibility index (Phi) is 6.72. The highest BCUT2D eigenvalue weighted by molar-refractivity contribution is 5.85. The standard InChI is InChI=1S/C13H19NO6/c1-2-20-11(15)5-3-4-10(13(17)18)14-12(16)9-6-7-19-8-9/h3,5,9-10H,2,4,6-8H2,1H3,(H,14,16)(H,17,18)/b5-3+/t9-,10-/m1/s1. The third kappa shape index (κ3) is 5.40. The topological polar surface area (TPSA) is 102 Å². The maximum absolute atomic E-state index is 11.8. The monoisotopic (exact) mass is 285 g/mol. The molecule has 0 aromatic rings. The number of amides is 1. The molecule has 0 bridgehead atoms. The smallest absolute Gasteiger partial charge is 0.330 e. The fourth-order valence-electron chi connectivity index (χ4n) is 1.74. The predicted molar refractivity (Wildman–Crippen MR) is 68.9 cm³/mol. The van der Waals surface area contributed by atoms with Crippen molar-refractivity contribution in [3.8, 4) is 0 Å². The molecule has 2 atom stereocenters. The van der Waals surface area contributed by atoms with Gasteiger partial charge in [-0.25, -0.2) is 9.59 Å². The Morgan fingerprint density at radius 1 is 1.50 bits per heavy atom. The van der Waals surface area contributed by atoms with Crippen LogP contribution in [0, 0.1) is 5.92 Å². The molecule has 7 nitrogen and oxygen atoms in total. The van der Waals surface area contributed by atoms with Gasteiger partial charge in [-0.05, 0) is 19.8 Å². The van der Waals surface area contributed by atoms with E-state index in [1.54, 1.807) is 6.92 Å². The largest absolute Gasteiger partial charge is 0.480 e. The van der Waals surface area contributed by atoms with Crippen LogP contribution < -0.4 is 5.32 Å². The van der Waals surface area contributed by atoms with E-state index in [1.165, 1.54) is 6.08 Å². The summed E-state index contributed by atoms with van der Waals surface area (Å²) < 4.78 is 9.75. The van der Waals surface area contributed by atoms with E-state index in [9.17, 15) is 14.4 Å². The van der Waals surface area contributed by atoms with Crippen molar-refractivity contribution in [1.82, 2.24) is 5.32 Å². The van der Waals surface area contributed by atoms with Crippen LogP contribution in [0.5, 0.6) is 0 Å². The molecule has 1 saturated heterocycles. The molecule has 1 fully saturated rings. The van der Waals surface area contributed by atoms with E-state index in [4.69, 9.17) is 9.84 Å². The minimum absolute atomic E-state index is 0.0213. The first kappa shape index (κ1) is 16.2. The number of carboxylic acids is 1. The van der Waals surface area contributed by atoms with Crippen LogP contribution in [0.2, 0.25) is 0 Å². The Morgan fingerprint density at radius 2 is 2.25 bits per heavy atom. The molecule has 2 N–H and O–H groups in total. The molecule has 0 unspecified atom stereocenters. The lowest BCUT2D eigenvalue weighted by Crippen LogP contribution is -2.43. The minimum atomic E-state index is -1.15. The molecule has 0 saturated carbocycles. The van der Waals surface area contributed by atoms with E-state index in [0.717, 1.165) is 6.08 Å². The molecule has 0 aromatic carbocycles. The van der Waals surface area contributed by atoms with Crippen molar-refractivity contribution in [3.63, 3.8) is 0 Å². The molecule has 0 spiro atoms. The summed E-state index contributed by atoms with van der Waals surface area (Å²) in [6.45, 7) is 2.76. The van der Waals surface area contributed by atoms with Crippen LogP contribution in [-0.4, -0.2) is 48.8 Å². The Labute approximate surface area is 116 Å². The summed E-state index contributed by atoms with van der Waals surface area (Å²) >= 11 is 0. The number of carboxylic acid groups (broad SMARTS) is 1. The van der Waals surface area contributed by atoms with Crippen LogP contribution in [-0.2, 0) is 23.9 Å². The molecule has 1 amide bonds. The molecule has 0 aromatic heterocycles. The van der Waals surface area contributed by atoms with Gasteiger partial charge in [-0.3, -0.25) is 4.79 Å². The first-order chi connectivity index (χ1) is 9.54. The van der Waals surface area contributed by atoms with Gasteiger partial charge in [0.15, 0.2) is 0 Å².